The summed E-state index contributed by atoms with van der Waals surface area (Å²) in [6.45, 7) is 4.47. The number of allylic oxidation sites excluding steroid dienone is 8. The topological polar surface area (TPSA) is 0 Å². The van der Waals surface area contributed by atoms with Crippen LogP contribution in [0.25, 0.3) is 0 Å². The van der Waals surface area contributed by atoms with Gasteiger partial charge in [-0.25, -0.2) is 0 Å². The third-order valence-corrected chi connectivity index (χ3v) is 4.76. The first kappa shape index (κ1) is 9.06. The van der Waals surface area contributed by atoms with E-state index >= 15 is 0 Å². The Hall–Kier alpha value is -0.508. The van der Waals surface area contributed by atoms with Crippen LogP contribution in [0, 0.1) is 0 Å². The van der Waals surface area contributed by atoms with Crippen LogP contribution in [0.4, 0.5) is 0 Å². The fourth-order valence-corrected chi connectivity index (χ4v) is 3.33. The second-order valence-corrected chi connectivity index (χ2v) is 5.39. The van der Waals surface area contributed by atoms with E-state index in [0.29, 0.717) is 15.2 Å². The van der Waals surface area contributed by atoms with Crippen LogP contribution in [-0.4, -0.2) is 0 Å². The molecule has 0 amide bonds. The Morgan fingerprint density at radius 2 is 1.38 bits per heavy atom. The quantitative estimate of drug-likeness (QED) is 0.654. The van der Waals surface area contributed by atoms with E-state index in [1.807, 2.05) is 0 Å². The van der Waals surface area contributed by atoms with Crippen LogP contribution in [-0.2, 0) is 15.2 Å². The molecule has 0 aromatic carbocycles. The molecule has 0 unspecified atom stereocenters. The maximum absolute atomic E-state index is 2.28. The van der Waals surface area contributed by atoms with Crippen molar-refractivity contribution in [3.8, 4) is 0 Å². The van der Waals surface area contributed by atoms with E-state index in [9.17, 15) is 0 Å². The van der Waals surface area contributed by atoms with Crippen LogP contribution in [0.3, 0.4) is 0 Å². The van der Waals surface area contributed by atoms with Crippen molar-refractivity contribution in [3.63, 3.8) is 0 Å². The van der Waals surface area contributed by atoms with Crippen molar-refractivity contribution in [2.75, 3.05) is 0 Å². The second kappa shape index (κ2) is 3.70. The normalized spacial score (nSPS) is 21.1. The van der Waals surface area contributed by atoms with E-state index in [4.69, 9.17) is 0 Å². The maximum atomic E-state index is 2.28. The summed E-state index contributed by atoms with van der Waals surface area (Å²) in [5.74, 6) is 0. The van der Waals surface area contributed by atoms with E-state index in [0.717, 1.165) is 0 Å². The third-order valence-electron chi connectivity index (χ3n) is 2.47. The van der Waals surface area contributed by atoms with Gasteiger partial charge in [0.25, 0.3) is 0 Å². The van der Waals surface area contributed by atoms with Crippen LogP contribution < -0.4 is 0 Å². The van der Waals surface area contributed by atoms with Gasteiger partial charge >= 0.3 is 86.2 Å². The molecule has 0 aromatic heterocycles. The fraction of sp³-hybridized carbons (Fsp3) is 0.333. The Morgan fingerprint density at radius 3 is 1.69 bits per heavy atom. The van der Waals surface area contributed by atoms with E-state index in [-0.39, 0.29) is 0 Å². The Bertz CT molecular complexity index is 306. The molecule has 0 aromatic rings. The van der Waals surface area contributed by atoms with Crippen molar-refractivity contribution in [1.82, 2.24) is 0 Å². The molecule has 0 radical (unpaired) electrons. The minimum absolute atomic E-state index is 0.612. The Kier molecular flexibility index (Phi) is 2.58. The molecule has 0 N–H and O–H groups in total. The van der Waals surface area contributed by atoms with E-state index in [2.05, 4.69) is 38.2 Å². The average molecular weight is 210 g/mol. The first-order valence-electron chi connectivity index (χ1n) is 4.68. The van der Waals surface area contributed by atoms with Crippen molar-refractivity contribution in [3.05, 3.63) is 44.3 Å². The molecule has 0 atom stereocenters. The van der Waals surface area contributed by atoms with E-state index in [1.165, 1.54) is 24.0 Å². The molecular formula is C12H14Cr. The van der Waals surface area contributed by atoms with Crippen LogP contribution >= 0.6 is 0 Å². The van der Waals surface area contributed by atoms with Crippen molar-refractivity contribution >= 4 is 0 Å². The first-order chi connectivity index (χ1) is 6.27. The molecule has 0 saturated carbocycles. The molecule has 68 valence electrons. The molecule has 0 bridgehead atoms. The summed E-state index contributed by atoms with van der Waals surface area (Å²) in [4.78, 5) is 0. The van der Waals surface area contributed by atoms with Crippen LogP contribution in [0.2, 0.25) is 0 Å². The van der Waals surface area contributed by atoms with Crippen LogP contribution in [0.15, 0.2) is 44.3 Å². The number of hydrogen-bond donors (Lipinski definition) is 0. The minimum atomic E-state index is 0.612. The second-order valence-electron chi connectivity index (χ2n) is 3.53. The van der Waals surface area contributed by atoms with Crippen LogP contribution in [0.5, 0.6) is 0 Å². The Balaban J connectivity index is 2.08. The number of rotatable bonds is 2. The summed E-state index contributed by atoms with van der Waals surface area (Å²) in [6, 6.07) is 0. The SMILES string of the molecule is CC1=[C]([Cr][C]2=C(C)C=CC2)CC=C1. The molecule has 0 nitrogen and oxygen atoms in total. The predicted octanol–water partition coefficient (Wildman–Crippen LogP) is 3.54. The Morgan fingerprint density at radius 1 is 0.923 bits per heavy atom. The monoisotopic (exact) mass is 210 g/mol. The van der Waals surface area contributed by atoms with Gasteiger partial charge in [0.15, 0.2) is 0 Å². The molecule has 2 aliphatic carbocycles. The zero-order valence-corrected chi connectivity index (χ0v) is 9.41. The van der Waals surface area contributed by atoms with Gasteiger partial charge < -0.3 is 0 Å². The van der Waals surface area contributed by atoms with Crippen molar-refractivity contribution < 1.29 is 15.2 Å². The van der Waals surface area contributed by atoms with E-state index in [1.54, 1.807) is 8.87 Å². The van der Waals surface area contributed by atoms with Gasteiger partial charge in [-0.1, -0.05) is 0 Å². The van der Waals surface area contributed by atoms with Gasteiger partial charge in [-0.05, 0) is 0 Å². The van der Waals surface area contributed by atoms with Gasteiger partial charge in [0.2, 0.25) is 0 Å². The summed E-state index contributed by atoms with van der Waals surface area (Å²) in [6.07, 6.45) is 11.5. The zero-order chi connectivity index (χ0) is 9.26. The predicted molar refractivity (Wildman–Crippen MR) is 52.9 cm³/mol. The van der Waals surface area contributed by atoms with Crippen LogP contribution in [0.1, 0.15) is 26.7 Å². The van der Waals surface area contributed by atoms with Gasteiger partial charge in [0.05, 0.1) is 0 Å². The third kappa shape index (κ3) is 1.88. The van der Waals surface area contributed by atoms with Gasteiger partial charge in [-0.3, -0.25) is 0 Å². The molecule has 0 heterocycles. The van der Waals surface area contributed by atoms with E-state index < -0.39 is 0 Å². The molecule has 13 heavy (non-hydrogen) atoms. The van der Waals surface area contributed by atoms with Gasteiger partial charge in [-0.15, -0.1) is 0 Å². The molecular weight excluding hydrogens is 196 g/mol. The summed E-state index contributed by atoms with van der Waals surface area (Å²) >= 11 is 0.612. The molecule has 0 spiro atoms. The molecule has 2 aliphatic rings. The summed E-state index contributed by atoms with van der Waals surface area (Å²) < 4.78 is 3.34. The average Bonchev–Trinajstić information content (AvgIpc) is 2.65. The summed E-state index contributed by atoms with van der Waals surface area (Å²) in [7, 11) is 0. The first-order valence-corrected chi connectivity index (χ1v) is 5.95. The van der Waals surface area contributed by atoms with Gasteiger partial charge in [0.1, 0.15) is 0 Å². The molecule has 0 fully saturated rings. The molecule has 0 saturated heterocycles. The summed E-state index contributed by atoms with van der Waals surface area (Å²) in [5, 5.41) is 0. The fourth-order valence-electron chi connectivity index (χ4n) is 1.59. The molecule has 0 aliphatic heterocycles. The van der Waals surface area contributed by atoms with Crippen molar-refractivity contribution in [1.29, 1.82) is 0 Å². The van der Waals surface area contributed by atoms with Crippen molar-refractivity contribution in [2.24, 2.45) is 0 Å². The molecule has 1 heteroatoms. The van der Waals surface area contributed by atoms with Gasteiger partial charge in [-0.2, -0.15) is 0 Å². The number of hydrogen-bond acceptors (Lipinski definition) is 0. The molecule has 2 rings (SSSR count). The standard InChI is InChI=1S/2C6H7.Cr/c2*1-6-4-2-3-5-6;/h2*2,4H,3H2,1H3;. The zero-order valence-electron chi connectivity index (χ0n) is 8.13. The van der Waals surface area contributed by atoms with Gasteiger partial charge in [0, 0.05) is 0 Å². The summed E-state index contributed by atoms with van der Waals surface area (Å²) in [5.41, 5.74) is 3.01. The van der Waals surface area contributed by atoms with Crippen molar-refractivity contribution in [2.45, 2.75) is 26.7 Å². The Labute approximate surface area is 86.4 Å².